The van der Waals surface area contributed by atoms with E-state index >= 15 is 0 Å². The predicted octanol–water partition coefficient (Wildman–Crippen LogP) is 2.49. The minimum absolute atomic E-state index is 0.128. The first kappa shape index (κ1) is 16.5. The fourth-order valence-electron chi connectivity index (χ4n) is 2.70. The summed E-state index contributed by atoms with van der Waals surface area (Å²) in [7, 11) is 0. The van der Waals surface area contributed by atoms with Gasteiger partial charge >= 0.3 is 0 Å². The lowest BCUT2D eigenvalue weighted by Crippen LogP contribution is -2.19. The van der Waals surface area contributed by atoms with E-state index in [0.29, 0.717) is 23.3 Å². The van der Waals surface area contributed by atoms with Crippen molar-refractivity contribution in [3.05, 3.63) is 48.3 Å². The van der Waals surface area contributed by atoms with Gasteiger partial charge in [-0.1, -0.05) is 12.1 Å². The molecule has 0 saturated carbocycles. The summed E-state index contributed by atoms with van der Waals surface area (Å²) in [5, 5.41) is 10.2. The number of rotatable bonds is 6. The summed E-state index contributed by atoms with van der Waals surface area (Å²) >= 11 is 0. The minimum atomic E-state index is -0.530. The van der Waals surface area contributed by atoms with E-state index in [1.165, 1.54) is 6.20 Å². The highest BCUT2D eigenvalue weighted by atomic mass is 16.1. The SMILES string of the molecule is CC(C)Nc1c(C(N)=O)cnn2cc(-c3cccc(NC=O)c3)cc12. The van der Waals surface area contributed by atoms with Crippen molar-refractivity contribution in [2.75, 3.05) is 10.6 Å². The summed E-state index contributed by atoms with van der Waals surface area (Å²) in [5.74, 6) is -0.530. The third-order valence-corrected chi connectivity index (χ3v) is 3.76. The first-order valence-corrected chi connectivity index (χ1v) is 7.88. The van der Waals surface area contributed by atoms with Crippen molar-refractivity contribution < 1.29 is 9.59 Å². The summed E-state index contributed by atoms with van der Waals surface area (Å²) in [6.45, 7) is 3.97. The van der Waals surface area contributed by atoms with Crippen molar-refractivity contribution in [3.8, 4) is 11.1 Å². The Morgan fingerprint density at radius 1 is 1.28 bits per heavy atom. The van der Waals surface area contributed by atoms with Crippen LogP contribution < -0.4 is 16.4 Å². The molecule has 1 aromatic carbocycles. The molecule has 0 aliphatic carbocycles. The van der Waals surface area contributed by atoms with Gasteiger partial charge in [0, 0.05) is 23.5 Å². The number of amides is 2. The van der Waals surface area contributed by atoms with Gasteiger partial charge in [0.05, 0.1) is 23.0 Å². The molecule has 7 heteroatoms. The number of hydrogen-bond donors (Lipinski definition) is 3. The zero-order chi connectivity index (χ0) is 18.0. The predicted molar refractivity (Wildman–Crippen MR) is 97.6 cm³/mol. The minimum Gasteiger partial charge on any atom is -0.380 e. The molecule has 0 aliphatic rings. The molecular weight excluding hydrogens is 318 g/mol. The van der Waals surface area contributed by atoms with E-state index in [-0.39, 0.29) is 6.04 Å². The summed E-state index contributed by atoms with van der Waals surface area (Å²) in [5.41, 5.74) is 9.79. The molecule has 0 spiro atoms. The maximum atomic E-state index is 11.7. The van der Waals surface area contributed by atoms with Gasteiger partial charge in [-0.15, -0.1) is 0 Å². The topological polar surface area (TPSA) is 102 Å². The van der Waals surface area contributed by atoms with Crippen LogP contribution in [-0.4, -0.2) is 28.0 Å². The van der Waals surface area contributed by atoms with Gasteiger partial charge < -0.3 is 16.4 Å². The molecule has 0 unspecified atom stereocenters. The van der Waals surface area contributed by atoms with Crippen LogP contribution in [0.4, 0.5) is 11.4 Å². The normalized spacial score (nSPS) is 10.8. The van der Waals surface area contributed by atoms with Crippen LogP contribution in [-0.2, 0) is 4.79 Å². The number of carbonyl (C=O) groups excluding carboxylic acids is 2. The van der Waals surface area contributed by atoms with Crippen LogP contribution in [0.1, 0.15) is 24.2 Å². The summed E-state index contributed by atoms with van der Waals surface area (Å²) in [6, 6.07) is 9.54. The Kier molecular flexibility index (Phi) is 4.38. The first-order chi connectivity index (χ1) is 12.0. The van der Waals surface area contributed by atoms with E-state index in [1.54, 1.807) is 4.52 Å². The van der Waals surface area contributed by atoms with Gasteiger partial charge in [0.25, 0.3) is 5.91 Å². The number of nitrogens with one attached hydrogen (secondary N) is 2. The van der Waals surface area contributed by atoms with Crippen molar-refractivity contribution >= 4 is 29.2 Å². The number of fused-ring (bicyclic) bond motifs is 1. The van der Waals surface area contributed by atoms with E-state index in [9.17, 15) is 9.59 Å². The van der Waals surface area contributed by atoms with E-state index in [4.69, 9.17) is 5.73 Å². The molecule has 2 heterocycles. The number of nitrogens with zero attached hydrogens (tertiary/aromatic N) is 2. The van der Waals surface area contributed by atoms with Gasteiger partial charge in [0.2, 0.25) is 6.41 Å². The Balaban J connectivity index is 2.15. The van der Waals surface area contributed by atoms with Gasteiger partial charge in [0.1, 0.15) is 0 Å². The summed E-state index contributed by atoms with van der Waals surface area (Å²) in [6.07, 6.45) is 3.97. The largest absolute Gasteiger partial charge is 0.380 e. The molecule has 2 amide bonds. The Labute approximate surface area is 144 Å². The van der Waals surface area contributed by atoms with Crippen molar-refractivity contribution in [2.45, 2.75) is 19.9 Å². The van der Waals surface area contributed by atoms with Crippen LogP contribution in [0.15, 0.2) is 42.7 Å². The second-order valence-corrected chi connectivity index (χ2v) is 6.00. The highest BCUT2D eigenvalue weighted by molar-refractivity contribution is 6.02. The molecule has 0 radical (unpaired) electrons. The molecule has 7 nitrogen and oxygen atoms in total. The third-order valence-electron chi connectivity index (χ3n) is 3.76. The Bertz CT molecular complexity index is 946. The van der Waals surface area contributed by atoms with E-state index in [1.807, 2.05) is 50.4 Å². The zero-order valence-electron chi connectivity index (χ0n) is 14.0. The van der Waals surface area contributed by atoms with Crippen molar-refractivity contribution in [1.29, 1.82) is 0 Å². The maximum absolute atomic E-state index is 11.7. The van der Waals surface area contributed by atoms with Crippen LogP contribution in [0.25, 0.3) is 16.6 Å². The van der Waals surface area contributed by atoms with Gasteiger partial charge in [-0.3, -0.25) is 9.59 Å². The van der Waals surface area contributed by atoms with Gasteiger partial charge in [-0.25, -0.2) is 4.52 Å². The molecule has 4 N–H and O–H groups in total. The van der Waals surface area contributed by atoms with Crippen molar-refractivity contribution in [1.82, 2.24) is 9.61 Å². The molecule has 0 fully saturated rings. The molecule has 0 atom stereocenters. The summed E-state index contributed by atoms with van der Waals surface area (Å²) in [4.78, 5) is 22.4. The second kappa shape index (κ2) is 6.64. The Morgan fingerprint density at radius 3 is 2.76 bits per heavy atom. The molecular formula is C18H19N5O2. The highest BCUT2D eigenvalue weighted by Gasteiger charge is 2.16. The second-order valence-electron chi connectivity index (χ2n) is 6.00. The zero-order valence-corrected chi connectivity index (χ0v) is 14.0. The molecule has 25 heavy (non-hydrogen) atoms. The number of hydrogen-bond acceptors (Lipinski definition) is 4. The molecule has 0 saturated heterocycles. The number of benzene rings is 1. The fraction of sp³-hybridized carbons (Fsp3) is 0.167. The lowest BCUT2D eigenvalue weighted by Gasteiger charge is -2.14. The van der Waals surface area contributed by atoms with Gasteiger partial charge in [0.15, 0.2) is 0 Å². The smallest absolute Gasteiger partial charge is 0.252 e. The fourth-order valence-corrected chi connectivity index (χ4v) is 2.70. The van der Waals surface area contributed by atoms with E-state index in [0.717, 1.165) is 16.6 Å². The molecule has 128 valence electrons. The Hall–Kier alpha value is -3.35. The standard InChI is InChI=1S/C18H19N5O2/c1-11(2)22-17-15(18(19)25)8-21-23-9-13(7-16(17)23)12-4-3-5-14(6-12)20-10-24/h3-11,22H,1-2H3,(H2,19,25)(H,20,24). The summed E-state index contributed by atoms with van der Waals surface area (Å²) < 4.78 is 1.70. The lowest BCUT2D eigenvalue weighted by molar-refractivity contribution is -0.105. The van der Waals surface area contributed by atoms with Crippen LogP contribution in [0.5, 0.6) is 0 Å². The first-order valence-electron chi connectivity index (χ1n) is 7.88. The van der Waals surface area contributed by atoms with Crippen LogP contribution in [0, 0.1) is 0 Å². The van der Waals surface area contributed by atoms with E-state index in [2.05, 4.69) is 15.7 Å². The number of nitrogens with two attached hydrogens (primary N) is 1. The van der Waals surface area contributed by atoms with Gasteiger partial charge in [-0.05, 0) is 37.6 Å². The molecule has 3 aromatic rings. The molecule has 3 rings (SSSR count). The highest BCUT2D eigenvalue weighted by Crippen LogP contribution is 2.29. The van der Waals surface area contributed by atoms with Crippen LogP contribution in [0.2, 0.25) is 0 Å². The van der Waals surface area contributed by atoms with E-state index < -0.39 is 5.91 Å². The molecule has 0 aliphatic heterocycles. The van der Waals surface area contributed by atoms with Crippen LogP contribution >= 0.6 is 0 Å². The lowest BCUT2D eigenvalue weighted by atomic mass is 10.1. The monoisotopic (exact) mass is 337 g/mol. The Morgan fingerprint density at radius 2 is 2.08 bits per heavy atom. The molecule has 0 bridgehead atoms. The van der Waals surface area contributed by atoms with Crippen molar-refractivity contribution in [2.24, 2.45) is 5.73 Å². The number of anilines is 2. The van der Waals surface area contributed by atoms with Crippen molar-refractivity contribution in [3.63, 3.8) is 0 Å². The van der Waals surface area contributed by atoms with Crippen LogP contribution in [0.3, 0.4) is 0 Å². The third kappa shape index (κ3) is 3.30. The van der Waals surface area contributed by atoms with Gasteiger partial charge in [-0.2, -0.15) is 5.10 Å². The maximum Gasteiger partial charge on any atom is 0.252 e. The average molecular weight is 337 g/mol. The number of carbonyl (C=O) groups is 2. The number of primary amides is 1. The quantitative estimate of drug-likeness (QED) is 0.601. The average Bonchev–Trinajstić information content (AvgIpc) is 3.00. The molecule has 2 aromatic heterocycles. The number of aromatic nitrogens is 2.